The fourth-order valence-corrected chi connectivity index (χ4v) is 1.88. The van der Waals surface area contributed by atoms with Crippen LogP contribution in [0.15, 0.2) is 67.3 Å². The smallest absolute Gasteiger partial charge is 0.0314 e. The van der Waals surface area contributed by atoms with Crippen molar-refractivity contribution in [3.05, 3.63) is 84.0 Å². The molecule has 0 spiro atoms. The van der Waals surface area contributed by atoms with E-state index in [-0.39, 0.29) is 0 Å². The molecule has 0 unspecified atom stereocenters. The predicted molar refractivity (Wildman–Crippen MR) is 79.3 cm³/mol. The number of hydrogen-bond donors (Lipinski definition) is 1. The Morgan fingerprint density at radius 3 is 2.44 bits per heavy atom. The van der Waals surface area contributed by atoms with Gasteiger partial charge in [0.05, 0.1) is 0 Å². The summed E-state index contributed by atoms with van der Waals surface area (Å²) in [6, 6.07) is 16.4. The Hall–Kier alpha value is -2.28. The molecule has 0 bridgehead atoms. The van der Waals surface area contributed by atoms with E-state index in [0.717, 1.165) is 12.1 Å². The second-order valence-electron chi connectivity index (χ2n) is 4.21. The topological polar surface area (TPSA) is 26.0 Å². The lowest BCUT2D eigenvalue weighted by Crippen LogP contribution is -1.92. The van der Waals surface area contributed by atoms with E-state index < -0.39 is 0 Å². The van der Waals surface area contributed by atoms with Gasteiger partial charge in [0, 0.05) is 5.69 Å². The summed E-state index contributed by atoms with van der Waals surface area (Å²) in [6.07, 6.45) is 6.75. The number of nitrogens with two attached hydrogens (primary N) is 1. The summed E-state index contributed by atoms with van der Waals surface area (Å²) >= 11 is 0. The van der Waals surface area contributed by atoms with Gasteiger partial charge in [-0.3, -0.25) is 0 Å². The van der Waals surface area contributed by atoms with E-state index in [1.54, 1.807) is 6.08 Å². The minimum Gasteiger partial charge on any atom is -0.399 e. The zero-order valence-electron chi connectivity index (χ0n) is 10.3. The lowest BCUT2D eigenvalue weighted by atomic mass is 9.99. The van der Waals surface area contributed by atoms with Crippen molar-refractivity contribution in [1.29, 1.82) is 0 Å². The molecule has 0 aromatic heterocycles. The molecule has 0 atom stereocenters. The minimum absolute atomic E-state index is 0.804. The average molecular weight is 235 g/mol. The van der Waals surface area contributed by atoms with Crippen LogP contribution in [0.2, 0.25) is 0 Å². The van der Waals surface area contributed by atoms with E-state index in [1.165, 1.54) is 16.7 Å². The van der Waals surface area contributed by atoms with Crippen molar-refractivity contribution in [3.8, 4) is 0 Å². The van der Waals surface area contributed by atoms with Crippen LogP contribution in [0.3, 0.4) is 0 Å². The Balaban J connectivity index is 2.25. The Morgan fingerprint density at radius 1 is 1.00 bits per heavy atom. The molecule has 0 aliphatic rings. The lowest BCUT2D eigenvalue weighted by molar-refractivity contribution is 1.19. The van der Waals surface area contributed by atoms with Gasteiger partial charge >= 0.3 is 0 Å². The van der Waals surface area contributed by atoms with Crippen LogP contribution in [-0.4, -0.2) is 0 Å². The molecule has 0 saturated heterocycles. The third-order valence-corrected chi connectivity index (χ3v) is 2.84. The van der Waals surface area contributed by atoms with Gasteiger partial charge in [0.1, 0.15) is 0 Å². The van der Waals surface area contributed by atoms with Crippen molar-refractivity contribution < 1.29 is 0 Å². The first-order valence-corrected chi connectivity index (χ1v) is 6.01. The van der Waals surface area contributed by atoms with Gasteiger partial charge in [-0.05, 0) is 35.2 Å². The zero-order valence-corrected chi connectivity index (χ0v) is 10.3. The van der Waals surface area contributed by atoms with Crippen LogP contribution < -0.4 is 5.73 Å². The molecule has 0 saturated carbocycles. The summed E-state index contributed by atoms with van der Waals surface area (Å²) in [4.78, 5) is 0. The zero-order chi connectivity index (χ0) is 12.8. The molecule has 0 aliphatic heterocycles. The van der Waals surface area contributed by atoms with E-state index in [1.807, 2.05) is 18.2 Å². The molecule has 0 fully saturated rings. The maximum atomic E-state index is 5.69. The van der Waals surface area contributed by atoms with Gasteiger partial charge in [0.2, 0.25) is 0 Å². The summed E-state index contributed by atoms with van der Waals surface area (Å²) in [6.45, 7) is 3.70. The standard InChI is InChI=1S/C17H17N/c1-2-3-6-15-7-4-5-8-16(15)13-14-9-11-17(18)12-10-14/h2-12H,1,13,18H2/b6-3-. The second kappa shape index (κ2) is 5.87. The SMILES string of the molecule is C=C/C=C\c1ccccc1Cc1ccc(N)cc1. The molecule has 90 valence electrons. The molecular weight excluding hydrogens is 218 g/mol. The molecule has 1 heteroatoms. The maximum Gasteiger partial charge on any atom is 0.0314 e. The maximum absolute atomic E-state index is 5.69. The van der Waals surface area contributed by atoms with Crippen molar-refractivity contribution in [2.24, 2.45) is 0 Å². The monoisotopic (exact) mass is 235 g/mol. The van der Waals surface area contributed by atoms with Crippen LogP contribution in [0.1, 0.15) is 16.7 Å². The van der Waals surface area contributed by atoms with Gasteiger partial charge in [0.15, 0.2) is 0 Å². The van der Waals surface area contributed by atoms with Crippen LogP contribution in [-0.2, 0) is 6.42 Å². The van der Waals surface area contributed by atoms with Crippen LogP contribution in [0, 0.1) is 0 Å². The third kappa shape index (κ3) is 3.11. The average Bonchev–Trinajstić information content (AvgIpc) is 2.40. The largest absolute Gasteiger partial charge is 0.399 e. The Bertz CT molecular complexity index is 550. The van der Waals surface area contributed by atoms with Crippen LogP contribution >= 0.6 is 0 Å². The van der Waals surface area contributed by atoms with Gasteiger partial charge in [-0.2, -0.15) is 0 Å². The highest BCUT2D eigenvalue weighted by molar-refractivity contribution is 5.56. The Morgan fingerprint density at radius 2 is 1.72 bits per heavy atom. The Labute approximate surface area is 108 Å². The number of nitrogen functional groups attached to an aromatic ring is 1. The summed E-state index contributed by atoms with van der Waals surface area (Å²) < 4.78 is 0. The fourth-order valence-electron chi connectivity index (χ4n) is 1.88. The summed E-state index contributed by atoms with van der Waals surface area (Å²) in [5, 5.41) is 0. The highest BCUT2D eigenvalue weighted by Gasteiger charge is 2.00. The number of hydrogen-bond acceptors (Lipinski definition) is 1. The van der Waals surface area contributed by atoms with E-state index in [4.69, 9.17) is 5.73 Å². The molecule has 2 aromatic rings. The molecular formula is C17H17N. The molecule has 2 N–H and O–H groups in total. The number of benzene rings is 2. The first kappa shape index (κ1) is 12.2. The first-order chi connectivity index (χ1) is 8.79. The van der Waals surface area contributed by atoms with E-state index in [9.17, 15) is 0 Å². The van der Waals surface area contributed by atoms with E-state index in [2.05, 4.69) is 49.1 Å². The minimum atomic E-state index is 0.804. The van der Waals surface area contributed by atoms with Crippen molar-refractivity contribution in [1.82, 2.24) is 0 Å². The first-order valence-electron chi connectivity index (χ1n) is 6.01. The molecule has 2 aromatic carbocycles. The van der Waals surface area contributed by atoms with Gasteiger partial charge < -0.3 is 5.73 Å². The summed E-state index contributed by atoms with van der Waals surface area (Å²) in [5.74, 6) is 0. The highest BCUT2D eigenvalue weighted by Crippen LogP contribution is 2.16. The number of allylic oxidation sites excluding steroid dienone is 2. The van der Waals surface area contributed by atoms with E-state index >= 15 is 0 Å². The fraction of sp³-hybridized carbons (Fsp3) is 0.0588. The van der Waals surface area contributed by atoms with Crippen molar-refractivity contribution in [2.45, 2.75) is 6.42 Å². The molecule has 2 rings (SSSR count). The summed E-state index contributed by atoms with van der Waals surface area (Å²) in [5.41, 5.74) is 10.3. The van der Waals surface area contributed by atoms with Crippen molar-refractivity contribution in [3.63, 3.8) is 0 Å². The van der Waals surface area contributed by atoms with Crippen LogP contribution in [0.4, 0.5) is 5.69 Å². The quantitative estimate of drug-likeness (QED) is 0.627. The third-order valence-electron chi connectivity index (χ3n) is 2.84. The highest BCUT2D eigenvalue weighted by atomic mass is 14.5. The van der Waals surface area contributed by atoms with Crippen LogP contribution in [0.5, 0.6) is 0 Å². The number of anilines is 1. The van der Waals surface area contributed by atoms with Gasteiger partial charge in [-0.25, -0.2) is 0 Å². The molecule has 0 radical (unpaired) electrons. The molecule has 1 nitrogen and oxygen atoms in total. The van der Waals surface area contributed by atoms with E-state index in [0.29, 0.717) is 0 Å². The van der Waals surface area contributed by atoms with Crippen molar-refractivity contribution >= 4 is 11.8 Å². The van der Waals surface area contributed by atoms with Crippen LogP contribution in [0.25, 0.3) is 6.08 Å². The predicted octanol–water partition coefficient (Wildman–Crippen LogP) is 4.06. The number of rotatable bonds is 4. The van der Waals surface area contributed by atoms with Gasteiger partial charge in [0.25, 0.3) is 0 Å². The Kier molecular flexibility index (Phi) is 3.98. The van der Waals surface area contributed by atoms with Gasteiger partial charge in [-0.1, -0.05) is 61.2 Å². The summed E-state index contributed by atoms with van der Waals surface area (Å²) in [7, 11) is 0. The second-order valence-corrected chi connectivity index (χ2v) is 4.21. The molecule has 0 heterocycles. The van der Waals surface area contributed by atoms with Crippen molar-refractivity contribution in [2.75, 3.05) is 5.73 Å². The molecule has 0 amide bonds. The van der Waals surface area contributed by atoms with Gasteiger partial charge in [-0.15, -0.1) is 0 Å². The molecule has 0 aliphatic carbocycles. The normalized spacial score (nSPS) is 10.7. The lowest BCUT2D eigenvalue weighted by Gasteiger charge is -2.06. The molecule has 18 heavy (non-hydrogen) atoms.